The Hall–Kier alpha value is -1.05. The lowest BCUT2D eigenvalue weighted by molar-refractivity contribution is -0.147. The van der Waals surface area contributed by atoms with Gasteiger partial charge in [0.05, 0.1) is 0 Å². The second kappa shape index (κ2) is 3.77. The highest BCUT2D eigenvalue weighted by Crippen LogP contribution is 2.34. The summed E-state index contributed by atoms with van der Waals surface area (Å²) in [7, 11) is 0. The number of esters is 1. The molecule has 1 unspecified atom stereocenters. The normalized spacial score (nSPS) is 27.6. The van der Waals surface area contributed by atoms with Crippen molar-refractivity contribution in [2.45, 2.75) is 33.3 Å². The predicted molar refractivity (Wildman–Crippen MR) is 52.2 cm³/mol. The van der Waals surface area contributed by atoms with Crippen molar-refractivity contribution < 1.29 is 9.53 Å². The number of ether oxygens (including phenoxy) is 1. The van der Waals surface area contributed by atoms with Crippen molar-refractivity contribution in [3.63, 3.8) is 0 Å². The Morgan fingerprint density at radius 3 is 2.69 bits per heavy atom. The van der Waals surface area contributed by atoms with Crippen LogP contribution in [-0.2, 0) is 9.53 Å². The second-order valence-electron chi connectivity index (χ2n) is 3.58. The summed E-state index contributed by atoms with van der Waals surface area (Å²) in [5, 5.41) is 0. The van der Waals surface area contributed by atoms with Crippen LogP contribution in [0.4, 0.5) is 0 Å². The largest absolute Gasteiger partial charge is 0.462 e. The number of allylic oxidation sites excluding steroid dienone is 1. The molecule has 0 bridgehead atoms. The van der Waals surface area contributed by atoms with Crippen molar-refractivity contribution in [1.29, 1.82) is 0 Å². The Bertz CT molecular complexity index is 263. The minimum absolute atomic E-state index is 0.0190. The minimum Gasteiger partial charge on any atom is -0.462 e. The molecule has 0 N–H and O–H groups in total. The first-order valence-corrected chi connectivity index (χ1v) is 4.55. The monoisotopic (exact) mass is 180 g/mol. The molecule has 1 rings (SSSR count). The minimum atomic E-state index is -0.199. The maximum absolute atomic E-state index is 10.8. The Labute approximate surface area is 79.3 Å². The van der Waals surface area contributed by atoms with Crippen molar-refractivity contribution in [2.75, 3.05) is 0 Å². The molecule has 0 radical (unpaired) electrons. The maximum atomic E-state index is 10.8. The van der Waals surface area contributed by atoms with Crippen LogP contribution >= 0.6 is 0 Å². The molecule has 0 aromatic carbocycles. The maximum Gasteiger partial charge on any atom is 0.302 e. The van der Waals surface area contributed by atoms with E-state index in [4.69, 9.17) is 4.74 Å². The summed E-state index contributed by atoms with van der Waals surface area (Å²) in [5.41, 5.74) is 2.51. The summed E-state index contributed by atoms with van der Waals surface area (Å²) in [5.74, 6) is 0.0939. The van der Waals surface area contributed by atoms with E-state index in [2.05, 4.69) is 20.4 Å². The summed E-state index contributed by atoms with van der Waals surface area (Å²) in [6.07, 6.45) is 2.73. The van der Waals surface area contributed by atoms with Gasteiger partial charge in [-0.05, 0) is 12.5 Å². The molecule has 0 aromatic heterocycles. The summed E-state index contributed by atoms with van der Waals surface area (Å²) in [4.78, 5) is 10.8. The van der Waals surface area contributed by atoms with Gasteiger partial charge < -0.3 is 4.74 Å². The fourth-order valence-corrected chi connectivity index (χ4v) is 1.90. The van der Waals surface area contributed by atoms with Crippen LogP contribution in [0.3, 0.4) is 0 Å². The molecule has 2 nitrogen and oxygen atoms in total. The summed E-state index contributed by atoms with van der Waals surface area (Å²) >= 11 is 0. The average Bonchev–Trinajstić information content (AvgIpc) is 2.26. The van der Waals surface area contributed by atoms with Crippen LogP contribution < -0.4 is 0 Å². The van der Waals surface area contributed by atoms with Gasteiger partial charge in [0.15, 0.2) is 0 Å². The van der Waals surface area contributed by atoms with Crippen LogP contribution in [0.1, 0.15) is 27.2 Å². The Balaban J connectivity index is 2.70. The van der Waals surface area contributed by atoms with Crippen LogP contribution in [0.15, 0.2) is 23.8 Å². The molecule has 72 valence electrons. The van der Waals surface area contributed by atoms with Crippen molar-refractivity contribution in [1.82, 2.24) is 0 Å². The Kier molecular flexibility index (Phi) is 2.91. The van der Waals surface area contributed by atoms with Crippen LogP contribution in [0.5, 0.6) is 0 Å². The SMILES string of the molecule is C=CC1=C(C)CC(OC(C)=O)[C@H]1C. The number of hydrogen-bond acceptors (Lipinski definition) is 2. The van der Waals surface area contributed by atoms with Gasteiger partial charge in [-0.25, -0.2) is 0 Å². The molecule has 13 heavy (non-hydrogen) atoms. The Morgan fingerprint density at radius 2 is 2.31 bits per heavy atom. The van der Waals surface area contributed by atoms with E-state index in [1.807, 2.05) is 6.08 Å². The van der Waals surface area contributed by atoms with Crippen LogP contribution in [0.25, 0.3) is 0 Å². The van der Waals surface area contributed by atoms with Gasteiger partial charge in [0.2, 0.25) is 0 Å². The molecule has 1 aliphatic carbocycles. The lowest BCUT2D eigenvalue weighted by atomic mass is 10.0. The van der Waals surface area contributed by atoms with Gasteiger partial charge in [-0.1, -0.05) is 25.2 Å². The first-order chi connectivity index (χ1) is 6.06. The summed E-state index contributed by atoms with van der Waals surface area (Å²) < 4.78 is 5.20. The zero-order chi connectivity index (χ0) is 10.0. The van der Waals surface area contributed by atoms with E-state index in [1.165, 1.54) is 18.1 Å². The van der Waals surface area contributed by atoms with E-state index in [0.717, 1.165) is 6.42 Å². The standard InChI is InChI=1S/C11H16O2/c1-5-10-7(2)6-11(8(10)3)13-9(4)12/h5,8,11H,1,6H2,2-4H3/t8-,11?/m0/s1. The molecule has 2 heteroatoms. The predicted octanol–water partition coefficient (Wildman–Crippen LogP) is 2.46. The summed E-state index contributed by atoms with van der Waals surface area (Å²) in [6, 6.07) is 0. The quantitative estimate of drug-likeness (QED) is 0.610. The lowest BCUT2D eigenvalue weighted by Crippen LogP contribution is -2.20. The van der Waals surface area contributed by atoms with Gasteiger partial charge in [-0.3, -0.25) is 4.79 Å². The van der Waals surface area contributed by atoms with Crippen molar-refractivity contribution in [3.8, 4) is 0 Å². The molecule has 2 atom stereocenters. The zero-order valence-electron chi connectivity index (χ0n) is 8.46. The highest BCUT2D eigenvalue weighted by molar-refractivity contribution is 5.66. The van der Waals surface area contributed by atoms with E-state index in [-0.39, 0.29) is 12.1 Å². The lowest BCUT2D eigenvalue weighted by Gasteiger charge is -2.16. The molecular formula is C11H16O2. The van der Waals surface area contributed by atoms with Crippen LogP contribution in [0, 0.1) is 5.92 Å². The molecular weight excluding hydrogens is 164 g/mol. The first kappa shape index (κ1) is 10.0. The van der Waals surface area contributed by atoms with Gasteiger partial charge in [-0.15, -0.1) is 0 Å². The van der Waals surface area contributed by atoms with E-state index in [1.54, 1.807) is 0 Å². The molecule has 0 amide bonds. The van der Waals surface area contributed by atoms with Gasteiger partial charge in [0, 0.05) is 19.3 Å². The third-order valence-electron chi connectivity index (χ3n) is 2.59. The van der Waals surface area contributed by atoms with Crippen molar-refractivity contribution in [2.24, 2.45) is 5.92 Å². The van der Waals surface area contributed by atoms with E-state index < -0.39 is 0 Å². The molecule has 0 heterocycles. The highest BCUT2D eigenvalue weighted by atomic mass is 16.5. The van der Waals surface area contributed by atoms with Gasteiger partial charge in [0.25, 0.3) is 0 Å². The van der Waals surface area contributed by atoms with Crippen LogP contribution in [0.2, 0.25) is 0 Å². The molecule has 0 fully saturated rings. The third kappa shape index (κ3) is 2.00. The number of carbonyl (C=O) groups is 1. The van der Waals surface area contributed by atoms with Crippen molar-refractivity contribution >= 4 is 5.97 Å². The molecule has 0 aromatic rings. The number of carbonyl (C=O) groups excluding carboxylic acids is 1. The zero-order valence-corrected chi connectivity index (χ0v) is 8.46. The third-order valence-corrected chi connectivity index (χ3v) is 2.59. The highest BCUT2D eigenvalue weighted by Gasteiger charge is 2.30. The average molecular weight is 180 g/mol. The molecule has 1 aliphatic rings. The molecule has 0 spiro atoms. The van der Waals surface area contributed by atoms with Gasteiger partial charge in [0.1, 0.15) is 6.10 Å². The molecule has 0 aliphatic heterocycles. The Morgan fingerprint density at radius 1 is 1.69 bits per heavy atom. The van der Waals surface area contributed by atoms with E-state index in [0.29, 0.717) is 5.92 Å². The topological polar surface area (TPSA) is 26.3 Å². The fraction of sp³-hybridized carbons (Fsp3) is 0.545. The van der Waals surface area contributed by atoms with E-state index >= 15 is 0 Å². The van der Waals surface area contributed by atoms with Gasteiger partial charge in [-0.2, -0.15) is 0 Å². The van der Waals surface area contributed by atoms with Gasteiger partial charge >= 0.3 is 5.97 Å². The van der Waals surface area contributed by atoms with Crippen LogP contribution in [-0.4, -0.2) is 12.1 Å². The van der Waals surface area contributed by atoms with E-state index in [9.17, 15) is 4.79 Å². The smallest absolute Gasteiger partial charge is 0.302 e. The van der Waals surface area contributed by atoms with Crippen molar-refractivity contribution in [3.05, 3.63) is 23.8 Å². The number of hydrogen-bond donors (Lipinski definition) is 0. The number of rotatable bonds is 2. The molecule has 0 saturated carbocycles. The summed E-state index contributed by atoms with van der Waals surface area (Å²) in [6.45, 7) is 9.35. The second-order valence-corrected chi connectivity index (χ2v) is 3.58. The molecule has 0 saturated heterocycles. The fourth-order valence-electron chi connectivity index (χ4n) is 1.90. The first-order valence-electron chi connectivity index (χ1n) is 4.55.